The van der Waals surface area contributed by atoms with E-state index in [0.29, 0.717) is 19.1 Å². The van der Waals surface area contributed by atoms with E-state index in [-0.39, 0.29) is 29.7 Å². The lowest BCUT2D eigenvalue weighted by Gasteiger charge is -2.38. The number of amides is 1. The molecule has 0 bridgehead atoms. The summed E-state index contributed by atoms with van der Waals surface area (Å²) in [5.74, 6) is -0.629. The number of hydrogen-bond donors (Lipinski definition) is 2. The van der Waals surface area contributed by atoms with Gasteiger partial charge in [-0.3, -0.25) is 9.59 Å². The van der Waals surface area contributed by atoms with E-state index in [0.717, 1.165) is 32.1 Å². The zero-order valence-electron chi connectivity index (χ0n) is 14.6. The molecule has 0 spiro atoms. The molecule has 23 heavy (non-hydrogen) atoms. The fourth-order valence-electron chi connectivity index (χ4n) is 4.47. The van der Waals surface area contributed by atoms with Gasteiger partial charge in [0.15, 0.2) is 0 Å². The lowest BCUT2D eigenvalue weighted by molar-refractivity contribution is -0.145. The maximum Gasteiger partial charge on any atom is 0.308 e. The molecule has 1 aliphatic heterocycles. The van der Waals surface area contributed by atoms with Crippen molar-refractivity contribution in [2.45, 2.75) is 52.9 Å². The quantitative estimate of drug-likeness (QED) is 0.815. The number of carboxylic acid groups (broad SMARTS) is 1. The molecule has 1 aliphatic carbocycles. The first-order valence-electron chi connectivity index (χ1n) is 8.87. The molecule has 2 rings (SSSR count). The average molecular weight is 325 g/mol. The van der Waals surface area contributed by atoms with Crippen molar-refractivity contribution in [3.63, 3.8) is 0 Å². The Hall–Kier alpha value is -1.10. The summed E-state index contributed by atoms with van der Waals surface area (Å²) in [7, 11) is 0. The highest BCUT2D eigenvalue weighted by molar-refractivity contribution is 5.80. The summed E-state index contributed by atoms with van der Waals surface area (Å²) in [6.07, 6.45) is 4.47. The van der Waals surface area contributed by atoms with E-state index in [2.05, 4.69) is 26.1 Å². The Balaban J connectivity index is 1.89. The summed E-state index contributed by atoms with van der Waals surface area (Å²) in [5, 5.41) is 12.4. The molecule has 0 aromatic rings. The number of hydrogen-bond acceptors (Lipinski definition) is 3. The molecule has 1 amide bonds. The molecule has 5 nitrogen and oxygen atoms in total. The highest BCUT2D eigenvalue weighted by Gasteiger charge is 2.36. The van der Waals surface area contributed by atoms with Gasteiger partial charge < -0.3 is 15.2 Å². The van der Waals surface area contributed by atoms with E-state index in [9.17, 15) is 14.7 Å². The van der Waals surface area contributed by atoms with E-state index in [1.165, 1.54) is 0 Å². The van der Waals surface area contributed by atoms with Crippen LogP contribution in [0.15, 0.2) is 0 Å². The fourth-order valence-corrected chi connectivity index (χ4v) is 4.47. The monoisotopic (exact) mass is 325 g/mol. The lowest BCUT2D eigenvalue weighted by atomic mass is 9.68. The molecule has 1 saturated heterocycles. The van der Waals surface area contributed by atoms with E-state index in [1.807, 2.05) is 0 Å². The standard InChI is InChI=1S/C18H31NO4/c1-12-8-14(10-18(2,3)9-12)16(20)19-11-15(17(21)22)13-4-6-23-7-5-13/h12-15H,4-11H2,1-3H3,(H,19,20)(H,21,22). The molecule has 3 atom stereocenters. The Kier molecular flexibility index (Phi) is 6.06. The van der Waals surface area contributed by atoms with Crippen LogP contribution in [0, 0.1) is 29.1 Å². The Morgan fingerprint density at radius 3 is 2.48 bits per heavy atom. The van der Waals surface area contributed by atoms with Gasteiger partial charge in [-0.05, 0) is 49.4 Å². The van der Waals surface area contributed by atoms with Crippen molar-refractivity contribution in [3.8, 4) is 0 Å². The number of carbonyl (C=O) groups excluding carboxylic acids is 1. The predicted molar refractivity (Wildman–Crippen MR) is 88.0 cm³/mol. The van der Waals surface area contributed by atoms with Crippen LogP contribution in [-0.4, -0.2) is 36.7 Å². The first-order chi connectivity index (χ1) is 10.8. The van der Waals surface area contributed by atoms with Crippen molar-refractivity contribution in [1.82, 2.24) is 5.32 Å². The lowest BCUT2D eigenvalue weighted by Crippen LogP contribution is -2.43. The topological polar surface area (TPSA) is 75.6 Å². The minimum atomic E-state index is -0.811. The Bertz CT molecular complexity index is 429. The summed E-state index contributed by atoms with van der Waals surface area (Å²) in [6.45, 7) is 8.11. The summed E-state index contributed by atoms with van der Waals surface area (Å²) < 4.78 is 5.30. The van der Waals surface area contributed by atoms with Crippen LogP contribution >= 0.6 is 0 Å². The van der Waals surface area contributed by atoms with Crippen molar-refractivity contribution >= 4 is 11.9 Å². The maximum atomic E-state index is 12.5. The molecule has 2 N–H and O–H groups in total. The number of aliphatic carboxylic acids is 1. The third-order valence-electron chi connectivity index (χ3n) is 5.41. The van der Waals surface area contributed by atoms with Crippen LogP contribution in [0.1, 0.15) is 52.9 Å². The van der Waals surface area contributed by atoms with E-state index in [1.54, 1.807) is 0 Å². The third-order valence-corrected chi connectivity index (χ3v) is 5.41. The van der Waals surface area contributed by atoms with Crippen LogP contribution in [0.2, 0.25) is 0 Å². The molecule has 1 saturated carbocycles. The summed E-state index contributed by atoms with van der Waals surface area (Å²) in [6, 6.07) is 0. The van der Waals surface area contributed by atoms with Gasteiger partial charge in [0, 0.05) is 25.7 Å². The molecule has 1 heterocycles. The van der Waals surface area contributed by atoms with Crippen molar-refractivity contribution < 1.29 is 19.4 Å². The average Bonchev–Trinajstić information content (AvgIpc) is 2.46. The normalized spacial score (nSPS) is 29.7. The molecule has 2 aliphatic rings. The molecule has 132 valence electrons. The molecule has 5 heteroatoms. The first-order valence-corrected chi connectivity index (χ1v) is 8.87. The molecular weight excluding hydrogens is 294 g/mol. The van der Waals surface area contributed by atoms with E-state index >= 15 is 0 Å². The SMILES string of the molecule is CC1CC(C(=O)NCC(C(=O)O)C2CCOCC2)CC(C)(C)C1. The van der Waals surface area contributed by atoms with Gasteiger partial charge in [0.05, 0.1) is 5.92 Å². The van der Waals surface area contributed by atoms with Gasteiger partial charge in [-0.15, -0.1) is 0 Å². The zero-order valence-corrected chi connectivity index (χ0v) is 14.6. The molecule has 0 aromatic heterocycles. The molecule has 2 fully saturated rings. The highest BCUT2D eigenvalue weighted by Crippen LogP contribution is 2.41. The van der Waals surface area contributed by atoms with Gasteiger partial charge in [-0.1, -0.05) is 20.8 Å². The molecule has 0 aromatic carbocycles. The van der Waals surface area contributed by atoms with Crippen LogP contribution < -0.4 is 5.32 Å². The smallest absolute Gasteiger partial charge is 0.308 e. The van der Waals surface area contributed by atoms with E-state index in [4.69, 9.17) is 4.74 Å². The Morgan fingerprint density at radius 2 is 1.91 bits per heavy atom. The van der Waals surface area contributed by atoms with Crippen LogP contribution in [0.5, 0.6) is 0 Å². The number of carboxylic acids is 1. The van der Waals surface area contributed by atoms with Gasteiger partial charge in [0.25, 0.3) is 0 Å². The predicted octanol–water partition coefficient (Wildman–Crippen LogP) is 2.69. The van der Waals surface area contributed by atoms with Gasteiger partial charge >= 0.3 is 5.97 Å². The van der Waals surface area contributed by atoms with Gasteiger partial charge in [0.1, 0.15) is 0 Å². The Labute approximate surface area is 139 Å². The summed E-state index contributed by atoms with van der Waals surface area (Å²) >= 11 is 0. The maximum absolute atomic E-state index is 12.5. The van der Waals surface area contributed by atoms with Crippen molar-refractivity contribution in [2.24, 2.45) is 29.1 Å². The van der Waals surface area contributed by atoms with Crippen LogP contribution in [0.3, 0.4) is 0 Å². The fraction of sp³-hybridized carbons (Fsp3) is 0.889. The largest absolute Gasteiger partial charge is 0.481 e. The highest BCUT2D eigenvalue weighted by atomic mass is 16.5. The molecule has 3 unspecified atom stereocenters. The van der Waals surface area contributed by atoms with Crippen LogP contribution in [0.25, 0.3) is 0 Å². The van der Waals surface area contributed by atoms with Crippen molar-refractivity contribution in [3.05, 3.63) is 0 Å². The summed E-state index contributed by atoms with van der Waals surface area (Å²) in [4.78, 5) is 24.1. The number of nitrogens with one attached hydrogen (secondary N) is 1. The first kappa shape index (κ1) is 18.2. The van der Waals surface area contributed by atoms with Crippen molar-refractivity contribution in [2.75, 3.05) is 19.8 Å². The second kappa shape index (κ2) is 7.65. The zero-order chi connectivity index (χ0) is 17.0. The van der Waals surface area contributed by atoms with Gasteiger partial charge in [0.2, 0.25) is 5.91 Å². The minimum absolute atomic E-state index is 0.0119. The molecule has 0 radical (unpaired) electrons. The second-order valence-electron chi connectivity index (χ2n) is 8.25. The summed E-state index contributed by atoms with van der Waals surface area (Å²) in [5.41, 5.74) is 0.187. The van der Waals surface area contributed by atoms with Crippen LogP contribution in [-0.2, 0) is 14.3 Å². The van der Waals surface area contributed by atoms with Gasteiger partial charge in [-0.2, -0.15) is 0 Å². The Morgan fingerprint density at radius 1 is 1.26 bits per heavy atom. The van der Waals surface area contributed by atoms with Crippen LogP contribution in [0.4, 0.5) is 0 Å². The second-order valence-corrected chi connectivity index (χ2v) is 8.25. The van der Waals surface area contributed by atoms with Crippen molar-refractivity contribution in [1.29, 1.82) is 0 Å². The number of ether oxygens (including phenoxy) is 1. The minimum Gasteiger partial charge on any atom is -0.481 e. The number of carbonyl (C=O) groups is 2. The molecular formula is C18H31NO4. The van der Waals surface area contributed by atoms with Gasteiger partial charge in [-0.25, -0.2) is 0 Å². The number of rotatable bonds is 5. The third kappa shape index (κ3) is 5.20. The van der Waals surface area contributed by atoms with E-state index < -0.39 is 11.9 Å².